The van der Waals surface area contributed by atoms with E-state index < -0.39 is 0 Å². The molecule has 2 aliphatic rings. The van der Waals surface area contributed by atoms with Crippen molar-refractivity contribution in [2.45, 2.75) is 25.8 Å². The molecule has 1 N–H and O–H groups in total. The van der Waals surface area contributed by atoms with Crippen molar-refractivity contribution < 1.29 is 24.0 Å². The maximum absolute atomic E-state index is 12.8. The number of quaternary nitrogens is 1. The second-order valence-corrected chi connectivity index (χ2v) is 6.47. The summed E-state index contributed by atoms with van der Waals surface area (Å²) in [7, 11) is 0. The maximum atomic E-state index is 12.8. The molecule has 7 heteroatoms. The standard InChI is InChI=1S/C18H23N3O4/c1-2-11-25-15-5-3-14(4-6-15)21-17(23)12-16(18(21)24)20-9-7-19(13-22)8-10-20/h3-6,13,16H,2,7-12H2,1H3/p+1/t16-/m1/s1. The van der Waals surface area contributed by atoms with E-state index in [1.54, 1.807) is 29.2 Å². The summed E-state index contributed by atoms with van der Waals surface area (Å²) in [5, 5.41) is 0. The summed E-state index contributed by atoms with van der Waals surface area (Å²) in [5.74, 6) is 0.418. The minimum absolute atomic E-state index is 0.151. The van der Waals surface area contributed by atoms with Crippen molar-refractivity contribution in [2.24, 2.45) is 0 Å². The van der Waals surface area contributed by atoms with Crippen molar-refractivity contribution in [2.75, 3.05) is 37.7 Å². The fourth-order valence-corrected chi connectivity index (χ4v) is 3.40. The van der Waals surface area contributed by atoms with E-state index in [-0.39, 0.29) is 24.3 Å². The molecule has 1 atom stereocenters. The molecule has 134 valence electrons. The molecule has 2 fully saturated rings. The summed E-state index contributed by atoms with van der Waals surface area (Å²) in [4.78, 5) is 40.1. The van der Waals surface area contributed by atoms with Crippen LogP contribution in [0.15, 0.2) is 24.3 Å². The molecule has 0 aliphatic carbocycles. The van der Waals surface area contributed by atoms with Gasteiger partial charge >= 0.3 is 0 Å². The Balaban J connectivity index is 1.68. The third kappa shape index (κ3) is 3.66. The van der Waals surface area contributed by atoms with Gasteiger partial charge in [0.25, 0.3) is 5.91 Å². The largest absolute Gasteiger partial charge is 0.494 e. The van der Waals surface area contributed by atoms with Gasteiger partial charge in [-0.15, -0.1) is 0 Å². The van der Waals surface area contributed by atoms with Crippen LogP contribution in [0.4, 0.5) is 5.69 Å². The normalized spacial score (nSPS) is 21.7. The zero-order chi connectivity index (χ0) is 17.8. The average Bonchev–Trinajstić information content (AvgIpc) is 2.95. The van der Waals surface area contributed by atoms with E-state index in [0.29, 0.717) is 38.5 Å². The van der Waals surface area contributed by atoms with Gasteiger partial charge in [0.15, 0.2) is 6.04 Å². The average molecular weight is 346 g/mol. The summed E-state index contributed by atoms with van der Waals surface area (Å²) in [6, 6.07) is 6.73. The highest BCUT2D eigenvalue weighted by molar-refractivity contribution is 6.21. The predicted octanol–water partition coefficient (Wildman–Crippen LogP) is -0.536. The second-order valence-electron chi connectivity index (χ2n) is 6.47. The van der Waals surface area contributed by atoms with Gasteiger partial charge in [-0.3, -0.25) is 14.4 Å². The molecule has 0 radical (unpaired) electrons. The Labute approximate surface area is 147 Å². The maximum Gasteiger partial charge on any atom is 0.292 e. The molecule has 2 aliphatic heterocycles. The van der Waals surface area contributed by atoms with Gasteiger partial charge in [0.05, 0.1) is 44.9 Å². The van der Waals surface area contributed by atoms with Gasteiger partial charge < -0.3 is 14.5 Å². The number of amides is 3. The molecule has 0 spiro atoms. The number of carbonyl (C=O) groups excluding carboxylic acids is 3. The Morgan fingerprint density at radius 2 is 1.88 bits per heavy atom. The van der Waals surface area contributed by atoms with Crippen LogP contribution in [0, 0.1) is 0 Å². The number of nitrogens with one attached hydrogen (secondary N) is 1. The van der Waals surface area contributed by atoms with E-state index in [9.17, 15) is 14.4 Å². The van der Waals surface area contributed by atoms with E-state index in [0.717, 1.165) is 23.5 Å². The first-order valence-electron chi connectivity index (χ1n) is 8.77. The molecule has 0 bridgehead atoms. The van der Waals surface area contributed by atoms with Gasteiger partial charge in [-0.1, -0.05) is 6.92 Å². The molecule has 0 saturated carbocycles. The second kappa shape index (κ2) is 7.65. The number of hydrogen-bond donors (Lipinski definition) is 1. The van der Waals surface area contributed by atoms with Crippen LogP contribution in [0.2, 0.25) is 0 Å². The minimum atomic E-state index is -0.350. The zero-order valence-electron chi connectivity index (χ0n) is 14.4. The smallest absolute Gasteiger partial charge is 0.292 e. The summed E-state index contributed by atoms with van der Waals surface area (Å²) in [5.41, 5.74) is 0.590. The number of nitrogens with zero attached hydrogens (tertiary/aromatic N) is 2. The third-order valence-corrected chi connectivity index (χ3v) is 4.80. The van der Waals surface area contributed by atoms with Crippen molar-refractivity contribution in [3.63, 3.8) is 0 Å². The molecule has 25 heavy (non-hydrogen) atoms. The van der Waals surface area contributed by atoms with E-state index in [4.69, 9.17) is 4.74 Å². The Morgan fingerprint density at radius 3 is 2.48 bits per heavy atom. The SMILES string of the molecule is CCCOc1ccc(N2C(=O)C[C@@H]([NH+]3CCN(C=O)CC3)C2=O)cc1. The van der Waals surface area contributed by atoms with Crippen molar-refractivity contribution in [1.29, 1.82) is 0 Å². The van der Waals surface area contributed by atoms with Crippen LogP contribution >= 0.6 is 0 Å². The summed E-state index contributed by atoms with van der Waals surface area (Å²) in [6.45, 7) is 5.31. The number of anilines is 1. The highest BCUT2D eigenvalue weighted by Crippen LogP contribution is 2.24. The Bertz CT molecular complexity index is 638. The molecule has 3 amide bonds. The number of rotatable bonds is 6. The molecular formula is C18H24N3O4+. The van der Waals surface area contributed by atoms with Gasteiger partial charge in [-0.05, 0) is 30.7 Å². The van der Waals surface area contributed by atoms with E-state index in [1.807, 2.05) is 6.92 Å². The van der Waals surface area contributed by atoms with E-state index in [2.05, 4.69) is 0 Å². The lowest BCUT2D eigenvalue weighted by atomic mass is 10.2. The molecule has 3 rings (SSSR count). The van der Waals surface area contributed by atoms with Crippen LogP contribution in [0.25, 0.3) is 0 Å². The molecule has 1 aromatic rings. The summed E-state index contributed by atoms with van der Waals surface area (Å²) in [6.07, 6.45) is 1.99. The lowest BCUT2D eigenvalue weighted by Gasteiger charge is -2.32. The monoisotopic (exact) mass is 346 g/mol. The number of ether oxygens (including phenoxy) is 1. The fraction of sp³-hybridized carbons (Fsp3) is 0.500. The molecule has 0 aromatic heterocycles. The number of carbonyl (C=O) groups is 3. The van der Waals surface area contributed by atoms with Gasteiger partial charge in [-0.25, -0.2) is 4.90 Å². The van der Waals surface area contributed by atoms with E-state index >= 15 is 0 Å². The van der Waals surface area contributed by atoms with Crippen molar-refractivity contribution in [3.05, 3.63) is 24.3 Å². The van der Waals surface area contributed by atoms with Gasteiger partial charge in [0, 0.05) is 0 Å². The van der Waals surface area contributed by atoms with Crippen LogP contribution in [-0.4, -0.2) is 62.0 Å². The number of benzene rings is 1. The fourth-order valence-electron chi connectivity index (χ4n) is 3.40. The molecule has 2 heterocycles. The first-order valence-corrected chi connectivity index (χ1v) is 8.77. The molecule has 7 nitrogen and oxygen atoms in total. The Kier molecular flexibility index (Phi) is 5.33. The van der Waals surface area contributed by atoms with Gasteiger partial charge in [-0.2, -0.15) is 0 Å². The highest BCUT2D eigenvalue weighted by atomic mass is 16.5. The molecule has 1 aromatic carbocycles. The topological polar surface area (TPSA) is 71.4 Å². The highest BCUT2D eigenvalue weighted by Gasteiger charge is 2.46. The van der Waals surface area contributed by atoms with Crippen molar-refractivity contribution >= 4 is 23.9 Å². The Morgan fingerprint density at radius 1 is 1.20 bits per heavy atom. The summed E-state index contributed by atoms with van der Waals surface area (Å²) >= 11 is 0. The lowest BCUT2D eigenvalue weighted by molar-refractivity contribution is -0.918. The van der Waals surface area contributed by atoms with Crippen LogP contribution in [0.5, 0.6) is 5.75 Å². The van der Waals surface area contributed by atoms with Gasteiger partial charge in [0.1, 0.15) is 5.75 Å². The molecule has 0 unspecified atom stereocenters. The van der Waals surface area contributed by atoms with Crippen molar-refractivity contribution in [1.82, 2.24) is 4.90 Å². The van der Waals surface area contributed by atoms with Gasteiger partial charge in [0.2, 0.25) is 12.3 Å². The first kappa shape index (κ1) is 17.4. The zero-order valence-corrected chi connectivity index (χ0v) is 14.4. The molecular weight excluding hydrogens is 322 g/mol. The van der Waals surface area contributed by atoms with E-state index in [1.165, 1.54) is 4.90 Å². The van der Waals surface area contributed by atoms with Crippen LogP contribution < -0.4 is 14.5 Å². The van der Waals surface area contributed by atoms with Crippen LogP contribution in [-0.2, 0) is 14.4 Å². The third-order valence-electron chi connectivity index (χ3n) is 4.80. The number of hydrogen-bond acceptors (Lipinski definition) is 4. The lowest BCUT2D eigenvalue weighted by Crippen LogP contribution is -3.19. The van der Waals surface area contributed by atoms with Crippen LogP contribution in [0.1, 0.15) is 19.8 Å². The molecule has 2 saturated heterocycles. The minimum Gasteiger partial charge on any atom is -0.494 e. The van der Waals surface area contributed by atoms with Crippen LogP contribution in [0.3, 0.4) is 0 Å². The summed E-state index contributed by atoms with van der Waals surface area (Å²) < 4.78 is 5.54. The van der Waals surface area contributed by atoms with Crippen molar-refractivity contribution in [3.8, 4) is 5.75 Å². The first-order chi connectivity index (χ1) is 12.1. The predicted molar refractivity (Wildman–Crippen MR) is 91.5 cm³/mol. The number of piperazine rings is 1. The number of imide groups is 1. The Hall–Kier alpha value is -2.41. The quantitative estimate of drug-likeness (QED) is 0.555.